The highest BCUT2D eigenvalue weighted by Gasteiger charge is 2.27. The van der Waals surface area contributed by atoms with E-state index in [1.165, 1.54) is 0 Å². The van der Waals surface area contributed by atoms with E-state index in [2.05, 4.69) is 22.8 Å². The third-order valence-electron chi connectivity index (χ3n) is 4.27. The van der Waals surface area contributed by atoms with E-state index in [4.69, 9.17) is 4.74 Å². The fourth-order valence-corrected chi connectivity index (χ4v) is 3.21. The van der Waals surface area contributed by atoms with Gasteiger partial charge in [0.05, 0.1) is 12.2 Å². The lowest BCUT2D eigenvalue weighted by Gasteiger charge is -2.30. The van der Waals surface area contributed by atoms with Gasteiger partial charge in [0.2, 0.25) is 0 Å². The molecule has 0 saturated heterocycles. The predicted molar refractivity (Wildman–Crippen MR) is 95.4 cm³/mol. The lowest BCUT2D eigenvalue weighted by atomic mass is 9.99. The molecule has 3 aromatic carbocycles. The van der Waals surface area contributed by atoms with Gasteiger partial charge in [-0.1, -0.05) is 42.5 Å². The number of benzene rings is 3. The summed E-state index contributed by atoms with van der Waals surface area (Å²) < 4.78 is 5.83. The first-order valence-corrected chi connectivity index (χ1v) is 8.09. The zero-order valence-corrected chi connectivity index (χ0v) is 13.4. The molecule has 24 heavy (non-hydrogen) atoms. The fourth-order valence-electron chi connectivity index (χ4n) is 3.21. The molecule has 1 atom stereocenters. The van der Waals surface area contributed by atoms with E-state index in [0.717, 1.165) is 27.8 Å². The number of hydrogen-bond donors (Lipinski definition) is 2. The molecule has 4 nitrogen and oxygen atoms in total. The van der Waals surface area contributed by atoms with Crippen molar-refractivity contribution in [2.24, 2.45) is 0 Å². The zero-order chi connectivity index (χ0) is 16.5. The van der Waals surface area contributed by atoms with Crippen molar-refractivity contribution in [1.82, 2.24) is 5.32 Å². The maximum atomic E-state index is 12.5. The normalized spacial score (nSPS) is 16.2. The highest BCUT2D eigenvalue weighted by molar-refractivity contribution is 6.02. The van der Waals surface area contributed by atoms with E-state index in [1.54, 1.807) is 0 Å². The van der Waals surface area contributed by atoms with E-state index in [0.29, 0.717) is 12.2 Å². The summed E-state index contributed by atoms with van der Waals surface area (Å²) in [5.74, 6) is 0.707. The third kappa shape index (κ3) is 2.36. The molecule has 0 unspecified atom stereocenters. The third-order valence-corrected chi connectivity index (χ3v) is 4.27. The Morgan fingerprint density at radius 3 is 2.62 bits per heavy atom. The van der Waals surface area contributed by atoms with Gasteiger partial charge in [-0.25, -0.2) is 0 Å². The number of para-hydroxylation sites is 1. The molecule has 0 spiro atoms. The number of hydrogen-bond acceptors (Lipinski definition) is 3. The van der Waals surface area contributed by atoms with E-state index in [9.17, 15) is 4.79 Å². The molecule has 2 N–H and O–H groups in total. The number of anilines is 1. The molecule has 0 aliphatic carbocycles. The molecular weight excluding hydrogens is 300 g/mol. The molecule has 0 fully saturated rings. The zero-order valence-electron chi connectivity index (χ0n) is 13.4. The average Bonchev–Trinajstić information content (AvgIpc) is 2.62. The molecule has 3 aromatic rings. The molecule has 1 heterocycles. The average molecular weight is 318 g/mol. The van der Waals surface area contributed by atoms with Gasteiger partial charge in [0.1, 0.15) is 11.9 Å². The lowest BCUT2D eigenvalue weighted by Crippen LogP contribution is -2.38. The molecule has 120 valence electrons. The monoisotopic (exact) mass is 318 g/mol. The number of ether oxygens (including phenoxy) is 1. The minimum Gasteiger partial charge on any atom is -0.493 e. The van der Waals surface area contributed by atoms with Gasteiger partial charge in [0, 0.05) is 11.3 Å². The molecule has 1 aliphatic rings. The largest absolute Gasteiger partial charge is 0.493 e. The number of amides is 1. The second-order valence-corrected chi connectivity index (χ2v) is 5.73. The molecule has 0 radical (unpaired) electrons. The van der Waals surface area contributed by atoms with Crippen LogP contribution in [0.2, 0.25) is 0 Å². The van der Waals surface area contributed by atoms with Crippen molar-refractivity contribution in [1.29, 1.82) is 0 Å². The number of rotatable bonds is 3. The van der Waals surface area contributed by atoms with E-state index >= 15 is 0 Å². The van der Waals surface area contributed by atoms with Crippen LogP contribution >= 0.6 is 0 Å². The van der Waals surface area contributed by atoms with Crippen LogP contribution in [0.4, 0.5) is 5.69 Å². The van der Waals surface area contributed by atoms with Crippen molar-refractivity contribution in [3.05, 3.63) is 71.8 Å². The molecule has 0 bridgehead atoms. The van der Waals surface area contributed by atoms with Gasteiger partial charge in [-0.3, -0.25) is 4.79 Å². The van der Waals surface area contributed by atoms with Gasteiger partial charge in [-0.2, -0.15) is 0 Å². The summed E-state index contributed by atoms with van der Waals surface area (Å²) in [4.78, 5) is 12.5. The van der Waals surface area contributed by atoms with Crippen LogP contribution in [0.5, 0.6) is 5.75 Å². The molecule has 4 rings (SSSR count). The molecule has 1 aliphatic heterocycles. The Morgan fingerprint density at radius 1 is 0.958 bits per heavy atom. The Bertz CT molecular complexity index is 920. The Balaban J connectivity index is 1.87. The van der Waals surface area contributed by atoms with E-state index in [1.807, 2.05) is 55.5 Å². The summed E-state index contributed by atoms with van der Waals surface area (Å²) >= 11 is 0. The molecule has 0 aromatic heterocycles. The van der Waals surface area contributed by atoms with Gasteiger partial charge in [0.25, 0.3) is 5.91 Å². The summed E-state index contributed by atoms with van der Waals surface area (Å²) in [6.45, 7) is 2.53. The van der Waals surface area contributed by atoms with Gasteiger partial charge < -0.3 is 15.4 Å². The molecule has 4 heteroatoms. The van der Waals surface area contributed by atoms with Crippen LogP contribution in [-0.4, -0.2) is 12.5 Å². The van der Waals surface area contributed by atoms with Crippen LogP contribution in [0, 0.1) is 0 Å². The lowest BCUT2D eigenvalue weighted by molar-refractivity contribution is 0.0935. The highest BCUT2D eigenvalue weighted by Crippen LogP contribution is 2.36. The number of fused-ring (bicyclic) bond motifs is 2. The van der Waals surface area contributed by atoms with Crippen LogP contribution < -0.4 is 15.4 Å². The van der Waals surface area contributed by atoms with Crippen molar-refractivity contribution in [2.75, 3.05) is 11.9 Å². The van der Waals surface area contributed by atoms with E-state index < -0.39 is 0 Å². The van der Waals surface area contributed by atoms with Crippen molar-refractivity contribution < 1.29 is 9.53 Å². The van der Waals surface area contributed by atoms with Gasteiger partial charge >= 0.3 is 0 Å². The smallest absolute Gasteiger partial charge is 0.255 e. The summed E-state index contributed by atoms with van der Waals surface area (Å²) in [7, 11) is 0. The first-order chi connectivity index (χ1) is 11.8. The van der Waals surface area contributed by atoms with E-state index in [-0.39, 0.29) is 12.1 Å². The Labute approximate surface area is 140 Å². The fraction of sp³-hybridized carbons (Fsp3) is 0.150. The van der Waals surface area contributed by atoms with Crippen molar-refractivity contribution in [3.63, 3.8) is 0 Å². The van der Waals surface area contributed by atoms with Crippen LogP contribution in [0.15, 0.2) is 60.7 Å². The first kappa shape index (κ1) is 14.6. The summed E-state index contributed by atoms with van der Waals surface area (Å²) in [6.07, 6.45) is -0.333. The van der Waals surface area contributed by atoms with Gasteiger partial charge in [-0.15, -0.1) is 0 Å². The second-order valence-electron chi connectivity index (χ2n) is 5.73. The first-order valence-electron chi connectivity index (χ1n) is 8.09. The predicted octanol–water partition coefficient (Wildman–Crippen LogP) is 4.09. The van der Waals surface area contributed by atoms with Crippen LogP contribution in [0.1, 0.15) is 29.0 Å². The quantitative estimate of drug-likeness (QED) is 0.764. The second kappa shape index (κ2) is 5.89. The van der Waals surface area contributed by atoms with Crippen molar-refractivity contribution in [2.45, 2.75) is 13.1 Å². The van der Waals surface area contributed by atoms with Crippen LogP contribution in [0.25, 0.3) is 10.8 Å². The number of carbonyl (C=O) groups is 1. The van der Waals surface area contributed by atoms with Crippen molar-refractivity contribution in [3.8, 4) is 5.75 Å². The van der Waals surface area contributed by atoms with Crippen LogP contribution in [0.3, 0.4) is 0 Å². The summed E-state index contributed by atoms with van der Waals surface area (Å²) in [5, 5.41) is 8.66. The highest BCUT2D eigenvalue weighted by atomic mass is 16.5. The van der Waals surface area contributed by atoms with Gasteiger partial charge in [0.15, 0.2) is 0 Å². The molecule has 1 amide bonds. The van der Waals surface area contributed by atoms with Crippen molar-refractivity contribution >= 4 is 22.4 Å². The topological polar surface area (TPSA) is 50.4 Å². The molecule has 0 saturated carbocycles. The summed E-state index contributed by atoms with van der Waals surface area (Å²) in [5.41, 5.74) is 2.45. The Morgan fingerprint density at radius 2 is 1.75 bits per heavy atom. The SMILES string of the molecule is CCOc1ccc2ccccc2c1[C@H]1NC(=O)c2ccccc2N1. The van der Waals surface area contributed by atoms with Gasteiger partial charge in [-0.05, 0) is 35.9 Å². The minimum absolute atomic E-state index is 0.0790. The minimum atomic E-state index is -0.333. The standard InChI is InChI=1S/C20H18N2O2/c1-2-24-17-12-11-13-7-3-4-8-14(13)18(17)19-21-16-10-6-5-9-15(16)20(23)22-19/h3-12,19,21H,2H2,1H3,(H,22,23)/t19-/m1/s1. The maximum Gasteiger partial charge on any atom is 0.255 e. The number of nitrogens with one attached hydrogen (secondary N) is 2. The Kier molecular flexibility index (Phi) is 3.58. The van der Waals surface area contributed by atoms with Crippen LogP contribution in [-0.2, 0) is 0 Å². The maximum absolute atomic E-state index is 12.5. The number of carbonyl (C=O) groups excluding carboxylic acids is 1. The summed E-state index contributed by atoms with van der Waals surface area (Å²) in [6, 6.07) is 19.7. The molecular formula is C20H18N2O2. The Hall–Kier alpha value is -3.01.